The Balaban J connectivity index is 1.81. The molecular formula is C19H30N4O3. The summed E-state index contributed by atoms with van der Waals surface area (Å²) in [4.78, 5) is 21.0. The van der Waals surface area contributed by atoms with Crippen LogP contribution in [0, 0.1) is 5.92 Å². The monoisotopic (exact) mass is 362 g/mol. The molecule has 2 fully saturated rings. The Labute approximate surface area is 155 Å². The molecule has 1 aromatic heterocycles. The van der Waals surface area contributed by atoms with Crippen LogP contribution in [0.4, 0.5) is 11.5 Å². The maximum absolute atomic E-state index is 12.0. The minimum Gasteiger partial charge on any atom is -0.388 e. The van der Waals surface area contributed by atoms with Crippen molar-refractivity contribution in [3.8, 4) is 0 Å². The molecule has 144 valence electrons. The molecule has 1 saturated carbocycles. The highest BCUT2D eigenvalue weighted by atomic mass is 16.5. The second-order valence-electron chi connectivity index (χ2n) is 8.12. The molecule has 0 radical (unpaired) electrons. The molecule has 2 aliphatic rings. The number of pyridine rings is 1. The summed E-state index contributed by atoms with van der Waals surface area (Å²) in [6.45, 7) is 6.15. The number of nitrogens with zero attached hydrogens (tertiary/aromatic N) is 3. The van der Waals surface area contributed by atoms with Crippen LogP contribution in [-0.4, -0.2) is 66.4 Å². The van der Waals surface area contributed by atoms with Crippen LogP contribution in [0.2, 0.25) is 0 Å². The number of hydrogen-bond donors (Lipinski definition) is 2. The Morgan fingerprint density at radius 2 is 2.15 bits per heavy atom. The summed E-state index contributed by atoms with van der Waals surface area (Å²) in [6, 6.07) is 3.88. The van der Waals surface area contributed by atoms with E-state index in [1.54, 1.807) is 13.8 Å². The third-order valence-electron chi connectivity index (χ3n) is 4.81. The van der Waals surface area contributed by atoms with Crippen LogP contribution in [0.15, 0.2) is 12.1 Å². The van der Waals surface area contributed by atoms with Crippen molar-refractivity contribution >= 4 is 17.4 Å². The first kappa shape index (κ1) is 19.1. The molecule has 1 aliphatic heterocycles. The summed E-state index contributed by atoms with van der Waals surface area (Å²) in [5.74, 6) is 0.824. The van der Waals surface area contributed by atoms with E-state index < -0.39 is 5.60 Å². The van der Waals surface area contributed by atoms with Crippen molar-refractivity contribution in [2.75, 3.05) is 44.0 Å². The maximum atomic E-state index is 12.0. The Hall–Kier alpha value is -1.70. The molecule has 1 saturated heterocycles. The number of nitrogens with one attached hydrogen (secondary N) is 1. The molecule has 0 spiro atoms. The van der Waals surface area contributed by atoms with E-state index in [9.17, 15) is 9.90 Å². The van der Waals surface area contributed by atoms with Gasteiger partial charge in [-0.2, -0.15) is 0 Å². The Bertz CT molecular complexity index is 653. The molecule has 3 rings (SSSR count). The number of carbonyl (C=O) groups excluding carboxylic acids is 1. The van der Waals surface area contributed by atoms with Gasteiger partial charge in [0.2, 0.25) is 5.91 Å². The Morgan fingerprint density at radius 3 is 2.77 bits per heavy atom. The van der Waals surface area contributed by atoms with Gasteiger partial charge in [-0.25, -0.2) is 4.98 Å². The van der Waals surface area contributed by atoms with Gasteiger partial charge in [-0.1, -0.05) is 0 Å². The first-order valence-corrected chi connectivity index (χ1v) is 9.28. The molecule has 7 nitrogen and oxygen atoms in total. The van der Waals surface area contributed by atoms with Crippen LogP contribution >= 0.6 is 0 Å². The van der Waals surface area contributed by atoms with E-state index in [0.717, 1.165) is 30.8 Å². The smallest absolute Gasteiger partial charge is 0.228 e. The van der Waals surface area contributed by atoms with Crippen molar-refractivity contribution in [1.82, 2.24) is 9.88 Å². The number of carbonyl (C=O) groups is 1. The third kappa shape index (κ3) is 4.72. The fourth-order valence-electron chi connectivity index (χ4n) is 3.14. The van der Waals surface area contributed by atoms with Gasteiger partial charge in [0.25, 0.3) is 0 Å². The number of rotatable bonds is 6. The van der Waals surface area contributed by atoms with Crippen molar-refractivity contribution in [2.45, 2.75) is 44.9 Å². The molecule has 7 heteroatoms. The zero-order chi connectivity index (χ0) is 18.9. The van der Waals surface area contributed by atoms with Gasteiger partial charge in [-0.05, 0) is 52.9 Å². The van der Waals surface area contributed by atoms with E-state index in [1.807, 2.05) is 26.2 Å². The third-order valence-corrected chi connectivity index (χ3v) is 4.81. The molecule has 0 aromatic carbocycles. The highest BCUT2D eigenvalue weighted by Gasteiger charge is 2.34. The van der Waals surface area contributed by atoms with Gasteiger partial charge in [0.05, 0.1) is 23.6 Å². The van der Waals surface area contributed by atoms with Gasteiger partial charge in [0.15, 0.2) is 0 Å². The average molecular weight is 362 g/mol. The van der Waals surface area contributed by atoms with Crippen LogP contribution in [0.1, 0.15) is 32.4 Å². The fourth-order valence-corrected chi connectivity index (χ4v) is 3.14. The normalized spacial score (nSPS) is 21.2. The van der Waals surface area contributed by atoms with Gasteiger partial charge >= 0.3 is 0 Å². The van der Waals surface area contributed by atoms with E-state index >= 15 is 0 Å². The lowest BCUT2D eigenvalue weighted by Gasteiger charge is -2.40. The highest BCUT2D eigenvalue weighted by Crippen LogP contribution is 2.31. The summed E-state index contributed by atoms with van der Waals surface area (Å²) in [7, 11) is 4.00. The second kappa shape index (κ2) is 7.50. The lowest BCUT2D eigenvalue weighted by molar-refractivity contribution is -0.117. The standard InChI is InChI=1S/C19H30N4O3/c1-19(2,25)16-12-23(9-10-26-16)15-7-8-17(20-14(15)11-22(3)4)21-18(24)13-5-6-13/h7-8,13,16,25H,5-6,9-12H2,1-4H3,(H,20,21,24). The predicted molar refractivity (Wildman–Crippen MR) is 101 cm³/mol. The SMILES string of the molecule is CN(C)Cc1nc(NC(=O)C2CC2)ccc1N1CCOC(C(C)(C)O)C1. The zero-order valence-electron chi connectivity index (χ0n) is 16.2. The highest BCUT2D eigenvalue weighted by molar-refractivity contribution is 5.93. The van der Waals surface area contributed by atoms with Gasteiger partial charge < -0.3 is 25.0 Å². The van der Waals surface area contributed by atoms with Crippen LogP contribution in [0.5, 0.6) is 0 Å². The van der Waals surface area contributed by atoms with Crippen LogP contribution in [0.25, 0.3) is 0 Å². The molecule has 1 unspecified atom stereocenters. The summed E-state index contributed by atoms with van der Waals surface area (Å²) in [5, 5.41) is 13.2. The molecule has 1 amide bonds. The van der Waals surface area contributed by atoms with Gasteiger partial charge in [0.1, 0.15) is 11.9 Å². The number of hydrogen-bond acceptors (Lipinski definition) is 6. The largest absolute Gasteiger partial charge is 0.388 e. The van der Waals surface area contributed by atoms with E-state index in [1.165, 1.54) is 0 Å². The van der Waals surface area contributed by atoms with Gasteiger partial charge in [-0.15, -0.1) is 0 Å². The molecule has 1 aliphatic carbocycles. The van der Waals surface area contributed by atoms with E-state index in [0.29, 0.717) is 25.5 Å². The van der Waals surface area contributed by atoms with Crippen LogP contribution in [0.3, 0.4) is 0 Å². The summed E-state index contributed by atoms with van der Waals surface area (Å²) >= 11 is 0. The first-order valence-electron chi connectivity index (χ1n) is 9.28. The minimum absolute atomic E-state index is 0.0644. The molecule has 1 atom stereocenters. The van der Waals surface area contributed by atoms with Crippen molar-refractivity contribution in [3.63, 3.8) is 0 Å². The molecule has 1 aromatic rings. The average Bonchev–Trinajstić information content (AvgIpc) is 3.39. The number of aliphatic hydroxyl groups is 1. The van der Waals surface area contributed by atoms with Crippen molar-refractivity contribution < 1.29 is 14.6 Å². The van der Waals surface area contributed by atoms with E-state index in [2.05, 4.69) is 15.1 Å². The lowest BCUT2D eigenvalue weighted by atomic mass is 10.00. The van der Waals surface area contributed by atoms with Crippen molar-refractivity contribution in [3.05, 3.63) is 17.8 Å². The second-order valence-corrected chi connectivity index (χ2v) is 8.12. The van der Waals surface area contributed by atoms with Crippen molar-refractivity contribution in [1.29, 1.82) is 0 Å². The van der Waals surface area contributed by atoms with Crippen molar-refractivity contribution in [2.24, 2.45) is 5.92 Å². The number of ether oxygens (including phenoxy) is 1. The molecule has 2 heterocycles. The van der Waals surface area contributed by atoms with E-state index in [-0.39, 0.29) is 17.9 Å². The Morgan fingerprint density at radius 1 is 1.42 bits per heavy atom. The number of amides is 1. The summed E-state index contributed by atoms with van der Waals surface area (Å²) < 4.78 is 5.75. The molecule has 0 bridgehead atoms. The van der Waals surface area contributed by atoms with Crippen LogP contribution < -0.4 is 10.2 Å². The number of morpholine rings is 1. The number of anilines is 2. The zero-order valence-corrected chi connectivity index (χ0v) is 16.2. The quantitative estimate of drug-likeness (QED) is 0.798. The summed E-state index contributed by atoms with van der Waals surface area (Å²) in [6.07, 6.45) is 1.69. The fraction of sp³-hybridized carbons (Fsp3) is 0.684. The van der Waals surface area contributed by atoms with E-state index in [4.69, 9.17) is 9.72 Å². The first-order chi connectivity index (χ1) is 12.2. The molecule has 26 heavy (non-hydrogen) atoms. The Kier molecular flexibility index (Phi) is 5.50. The number of aromatic nitrogens is 1. The van der Waals surface area contributed by atoms with Gasteiger partial charge in [-0.3, -0.25) is 4.79 Å². The topological polar surface area (TPSA) is 77.9 Å². The molecular weight excluding hydrogens is 332 g/mol. The lowest BCUT2D eigenvalue weighted by Crippen LogP contribution is -2.52. The minimum atomic E-state index is -0.897. The molecule has 2 N–H and O–H groups in total. The summed E-state index contributed by atoms with van der Waals surface area (Å²) in [5.41, 5.74) is 1.05. The van der Waals surface area contributed by atoms with Crippen LogP contribution in [-0.2, 0) is 16.1 Å². The maximum Gasteiger partial charge on any atom is 0.228 e. The predicted octanol–water partition coefficient (Wildman–Crippen LogP) is 1.47. The van der Waals surface area contributed by atoms with Gasteiger partial charge in [0, 0.05) is 25.6 Å².